The van der Waals surface area contributed by atoms with E-state index in [9.17, 15) is 9.59 Å². The van der Waals surface area contributed by atoms with Gasteiger partial charge in [-0.3, -0.25) is 9.59 Å². The Labute approximate surface area is 182 Å². The van der Waals surface area contributed by atoms with Crippen LogP contribution in [0.3, 0.4) is 0 Å². The molecule has 2 amide bonds. The molecule has 0 fully saturated rings. The van der Waals surface area contributed by atoms with Crippen molar-refractivity contribution in [3.05, 3.63) is 89.5 Å². The number of carbonyl (C=O) groups is 2. The molecule has 0 heterocycles. The highest BCUT2D eigenvalue weighted by molar-refractivity contribution is 5.98. The average molecular weight is 418 g/mol. The van der Waals surface area contributed by atoms with E-state index in [-0.39, 0.29) is 11.8 Å². The van der Waals surface area contributed by atoms with E-state index >= 15 is 0 Å². The highest BCUT2D eigenvalue weighted by Gasteiger charge is 2.20. The lowest BCUT2D eigenvalue weighted by atomic mass is 10.1. The molecule has 0 saturated carbocycles. The number of hydrogen-bond donors (Lipinski definition) is 2. The molecule has 0 aliphatic rings. The monoisotopic (exact) mass is 418 g/mol. The molecule has 31 heavy (non-hydrogen) atoms. The number of nitrogens with one attached hydrogen (secondary N) is 2. The molecule has 0 unspecified atom stereocenters. The topological polar surface area (TPSA) is 76.7 Å². The van der Waals surface area contributed by atoms with Gasteiger partial charge in [0.05, 0.1) is 18.4 Å². The Morgan fingerprint density at radius 1 is 0.935 bits per heavy atom. The third-order valence-electron chi connectivity index (χ3n) is 4.71. The molecular weight excluding hydrogens is 392 g/mol. The molecule has 6 nitrogen and oxygen atoms in total. The highest BCUT2D eigenvalue weighted by atomic mass is 16.5. The molecule has 0 aliphatic heterocycles. The molecule has 2 N–H and O–H groups in total. The van der Waals surface area contributed by atoms with Crippen molar-refractivity contribution < 1.29 is 19.1 Å². The summed E-state index contributed by atoms with van der Waals surface area (Å²) >= 11 is 0. The van der Waals surface area contributed by atoms with Gasteiger partial charge in [-0.2, -0.15) is 0 Å². The number of carbonyl (C=O) groups excluding carboxylic acids is 2. The molecule has 0 spiro atoms. The maximum atomic E-state index is 12.7. The van der Waals surface area contributed by atoms with Crippen LogP contribution in [0.5, 0.6) is 11.5 Å². The summed E-state index contributed by atoms with van der Waals surface area (Å²) in [4.78, 5) is 25.4. The number of ether oxygens (including phenoxy) is 2. The van der Waals surface area contributed by atoms with Gasteiger partial charge in [0, 0.05) is 6.54 Å². The van der Waals surface area contributed by atoms with Crippen molar-refractivity contribution in [2.24, 2.45) is 0 Å². The highest BCUT2D eigenvalue weighted by Crippen LogP contribution is 2.26. The van der Waals surface area contributed by atoms with E-state index in [2.05, 4.69) is 10.6 Å². The molecule has 3 rings (SSSR count). The van der Waals surface area contributed by atoms with E-state index < -0.39 is 6.10 Å². The summed E-state index contributed by atoms with van der Waals surface area (Å²) in [6.45, 7) is 3.97. The summed E-state index contributed by atoms with van der Waals surface area (Å²) in [6, 6.07) is 22.0. The number of anilines is 1. The minimum absolute atomic E-state index is 0.271. The molecule has 0 aromatic heterocycles. The molecule has 0 bridgehead atoms. The zero-order valence-electron chi connectivity index (χ0n) is 17.8. The molecule has 0 saturated heterocycles. The van der Waals surface area contributed by atoms with Crippen LogP contribution in [0.15, 0.2) is 72.8 Å². The Morgan fingerprint density at radius 3 is 2.39 bits per heavy atom. The molecule has 3 aromatic carbocycles. The van der Waals surface area contributed by atoms with Crippen molar-refractivity contribution in [2.75, 3.05) is 12.4 Å². The number of rotatable bonds is 8. The normalized spacial score (nSPS) is 11.3. The van der Waals surface area contributed by atoms with Gasteiger partial charge in [0.1, 0.15) is 11.5 Å². The second kappa shape index (κ2) is 10.3. The Kier molecular flexibility index (Phi) is 7.27. The molecule has 1 atom stereocenters. The van der Waals surface area contributed by atoms with E-state index in [0.29, 0.717) is 29.3 Å². The fourth-order valence-corrected chi connectivity index (χ4v) is 3.03. The van der Waals surface area contributed by atoms with Crippen LogP contribution in [0.25, 0.3) is 0 Å². The molecule has 6 heteroatoms. The lowest BCUT2D eigenvalue weighted by Crippen LogP contribution is -2.31. The Balaban J connectivity index is 1.67. The number of benzene rings is 3. The van der Waals surface area contributed by atoms with Gasteiger partial charge in [-0.15, -0.1) is 0 Å². The van der Waals surface area contributed by atoms with Crippen LogP contribution < -0.4 is 20.1 Å². The van der Waals surface area contributed by atoms with E-state index in [1.54, 1.807) is 44.4 Å². The SMILES string of the molecule is COc1ccc(C)cc1NC(=O)[C@@H](C)Oc1ccccc1C(=O)NCc1ccccc1. The van der Waals surface area contributed by atoms with Gasteiger partial charge in [0.25, 0.3) is 11.8 Å². The second-order valence-electron chi connectivity index (χ2n) is 7.12. The van der Waals surface area contributed by atoms with E-state index in [0.717, 1.165) is 11.1 Å². The van der Waals surface area contributed by atoms with Crippen LogP contribution >= 0.6 is 0 Å². The largest absolute Gasteiger partial charge is 0.495 e. The zero-order valence-corrected chi connectivity index (χ0v) is 17.8. The predicted octanol–water partition coefficient (Wildman–Crippen LogP) is 4.34. The van der Waals surface area contributed by atoms with Crippen LogP contribution in [0.4, 0.5) is 5.69 Å². The first kappa shape index (κ1) is 21.9. The quantitative estimate of drug-likeness (QED) is 0.571. The van der Waals surface area contributed by atoms with Crippen molar-refractivity contribution >= 4 is 17.5 Å². The first-order valence-electron chi connectivity index (χ1n) is 10.0. The van der Waals surface area contributed by atoms with Gasteiger partial charge in [-0.25, -0.2) is 0 Å². The molecular formula is C25H26N2O4. The Hall–Kier alpha value is -3.80. The number of amides is 2. The number of aryl methyl sites for hydroxylation is 1. The van der Waals surface area contributed by atoms with Crippen molar-refractivity contribution in [3.63, 3.8) is 0 Å². The van der Waals surface area contributed by atoms with Crippen LogP contribution in [0.2, 0.25) is 0 Å². The third kappa shape index (κ3) is 5.85. The van der Waals surface area contributed by atoms with Gasteiger partial charge in [0.15, 0.2) is 6.10 Å². The van der Waals surface area contributed by atoms with Crippen LogP contribution in [0, 0.1) is 6.92 Å². The van der Waals surface area contributed by atoms with Crippen molar-refractivity contribution in [3.8, 4) is 11.5 Å². The number of para-hydroxylation sites is 1. The van der Waals surface area contributed by atoms with Gasteiger partial charge < -0.3 is 20.1 Å². The van der Waals surface area contributed by atoms with Gasteiger partial charge in [0.2, 0.25) is 0 Å². The lowest BCUT2D eigenvalue weighted by molar-refractivity contribution is -0.122. The van der Waals surface area contributed by atoms with E-state index in [4.69, 9.17) is 9.47 Å². The first-order chi connectivity index (χ1) is 15.0. The summed E-state index contributed by atoms with van der Waals surface area (Å²) < 4.78 is 11.1. The van der Waals surface area contributed by atoms with E-state index in [1.165, 1.54) is 0 Å². The number of methoxy groups -OCH3 is 1. The third-order valence-corrected chi connectivity index (χ3v) is 4.71. The predicted molar refractivity (Wildman–Crippen MR) is 121 cm³/mol. The fraction of sp³-hybridized carbons (Fsp3) is 0.200. The summed E-state index contributed by atoms with van der Waals surface area (Å²) in [5.41, 5.74) is 2.92. The lowest BCUT2D eigenvalue weighted by Gasteiger charge is -2.18. The van der Waals surface area contributed by atoms with Crippen LogP contribution in [0.1, 0.15) is 28.4 Å². The van der Waals surface area contributed by atoms with Gasteiger partial charge >= 0.3 is 0 Å². The smallest absolute Gasteiger partial charge is 0.265 e. The van der Waals surface area contributed by atoms with Crippen molar-refractivity contribution in [1.82, 2.24) is 5.32 Å². The van der Waals surface area contributed by atoms with Gasteiger partial charge in [-0.1, -0.05) is 48.5 Å². The van der Waals surface area contributed by atoms with Crippen molar-refractivity contribution in [2.45, 2.75) is 26.5 Å². The summed E-state index contributed by atoms with van der Waals surface area (Å²) in [7, 11) is 1.55. The second-order valence-corrected chi connectivity index (χ2v) is 7.12. The molecule has 160 valence electrons. The Morgan fingerprint density at radius 2 is 1.65 bits per heavy atom. The van der Waals surface area contributed by atoms with Crippen LogP contribution in [-0.4, -0.2) is 25.0 Å². The van der Waals surface area contributed by atoms with E-state index in [1.807, 2.05) is 49.4 Å². The first-order valence-corrected chi connectivity index (χ1v) is 10.0. The maximum absolute atomic E-state index is 12.7. The Bertz CT molecular complexity index is 1050. The summed E-state index contributed by atoms with van der Waals surface area (Å²) in [6.07, 6.45) is -0.826. The standard InChI is InChI=1S/C25H26N2O4/c1-17-13-14-23(30-3)21(15-17)27-24(28)18(2)31-22-12-8-7-11-20(22)25(29)26-16-19-9-5-4-6-10-19/h4-15,18H,16H2,1-3H3,(H,26,29)(H,27,28)/t18-/m1/s1. The molecule has 3 aromatic rings. The number of hydrogen-bond acceptors (Lipinski definition) is 4. The maximum Gasteiger partial charge on any atom is 0.265 e. The zero-order chi connectivity index (χ0) is 22.2. The average Bonchev–Trinajstić information content (AvgIpc) is 2.78. The van der Waals surface area contributed by atoms with Crippen LogP contribution in [-0.2, 0) is 11.3 Å². The molecule has 0 radical (unpaired) electrons. The van der Waals surface area contributed by atoms with Crippen molar-refractivity contribution in [1.29, 1.82) is 0 Å². The summed E-state index contributed by atoms with van der Waals surface area (Å²) in [5, 5.41) is 5.71. The minimum Gasteiger partial charge on any atom is -0.495 e. The summed E-state index contributed by atoms with van der Waals surface area (Å²) in [5.74, 6) is 0.287. The minimum atomic E-state index is -0.826. The molecule has 0 aliphatic carbocycles. The fourth-order valence-electron chi connectivity index (χ4n) is 3.03. The van der Waals surface area contributed by atoms with Gasteiger partial charge in [-0.05, 0) is 49.2 Å².